The molecule has 0 spiro atoms. The SMILES string of the molecule is CCSc1nc(N2CCOCC2)c2cnn(CCNC(=O)c3ccccc3SC)c2n1. The van der Waals surface area contributed by atoms with E-state index in [4.69, 9.17) is 14.7 Å². The van der Waals surface area contributed by atoms with E-state index in [1.807, 2.05) is 41.4 Å². The molecule has 0 unspecified atom stereocenters. The number of aromatic nitrogens is 4. The fourth-order valence-corrected chi connectivity index (χ4v) is 4.65. The quantitative estimate of drug-likeness (QED) is 0.407. The number of anilines is 1. The summed E-state index contributed by atoms with van der Waals surface area (Å²) in [6, 6.07) is 7.63. The first-order valence-electron chi connectivity index (χ1n) is 10.3. The van der Waals surface area contributed by atoms with Crippen LogP contribution in [0.15, 0.2) is 40.5 Å². The van der Waals surface area contributed by atoms with Gasteiger partial charge in [0, 0.05) is 24.5 Å². The minimum absolute atomic E-state index is 0.0766. The van der Waals surface area contributed by atoms with Gasteiger partial charge < -0.3 is 15.0 Å². The average Bonchev–Trinajstić information content (AvgIpc) is 3.22. The van der Waals surface area contributed by atoms with E-state index < -0.39 is 0 Å². The number of thioether (sulfide) groups is 2. The summed E-state index contributed by atoms with van der Waals surface area (Å²) >= 11 is 3.18. The molecule has 0 atom stereocenters. The van der Waals surface area contributed by atoms with Crippen LogP contribution >= 0.6 is 23.5 Å². The number of carbonyl (C=O) groups is 1. The van der Waals surface area contributed by atoms with Crippen LogP contribution in [0.5, 0.6) is 0 Å². The van der Waals surface area contributed by atoms with Gasteiger partial charge in [-0.3, -0.25) is 4.79 Å². The van der Waals surface area contributed by atoms with Crippen molar-refractivity contribution < 1.29 is 9.53 Å². The van der Waals surface area contributed by atoms with E-state index in [2.05, 4.69) is 22.2 Å². The Bertz CT molecular complexity index is 1050. The lowest BCUT2D eigenvalue weighted by Crippen LogP contribution is -2.37. The zero-order chi connectivity index (χ0) is 21.6. The third-order valence-electron chi connectivity index (χ3n) is 5.00. The summed E-state index contributed by atoms with van der Waals surface area (Å²) in [5.74, 6) is 1.73. The second kappa shape index (κ2) is 10.3. The van der Waals surface area contributed by atoms with Crippen molar-refractivity contribution in [2.24, 2.45) is 0 Å². The van der Waals surface area contributed by atoms with Crippen LogP contribution in [-0.4, -0.2) is 70.5 Å². The Balaban J connectivity index is 1.52. The maximum Gasteiger partial charge on any atom is 0.252 e. The van der Waals surface area contributed by atoms with E-state index in [-0.39, 0.29) is 5.91 Å². The summed E-state index contributed by atoms with van der Waals surface area (Å²) in [5.41, 5.74) is 1.49. The average molecular weight is 459 g/mol. The summed E-state index contributed by atoms with van der Waals surface area (Å²) in [7, 11) is 0. The number of morpholine rings is 1. The number of nitrogens with one attached hydrogen (secondary N) is 1. The van der Waals surface area contributed by atoms with Crippen molar-refractivity contribution in [3.8, 4) is 0 Å². The highest BCUT2D eigenvalue weighted by molar-refractivity contribution is 7.99. The zero-order valence-corrected chi connectivity index (χ0v) is 19.3. The highest BCUT2D eigenvalue weighted by Crippen LogP contribution is 2.27. The maximum absolute atomic E-state index is 12.6. The third-order valence-corrected chi connectivity index (χ3v) is 6.53. The summed E-state index contributed by atoms with van der Waals surface area (Å²) in [5, 5.41) is 9.23. The maximum atomic E-state index is 12.6. The van der Waals surface area contributed by atoms with E-state index in [0.29, 0.717) is 31.9 Å². The molecule has 1 aliphatic heterocycles. The van der Waals surface area contributed by atoms with Crippen molar-refractivity contribution in [3.05, 3.63) is 36.0 Å². The first kappa shape index (κ1) is 21.9. The Labute approximate surface area is 190 Å². The van der Waals surface area contributed by atoms with Crippen molar-refractivity contribution in [2.45, 2.75) is 23.5 Å². The standard InChI is InChI=1S/C21H26N6O2S2/c1-3-31-21-24-18(26-10-12-29-13-11-26)16-14-23-27(19(16)25-21)9-8-22-20(28)15-6-4-5-7-17(15)30-2/h4-7,14H,3,8-13H2,1-2H3,(H,22,28). The second-order valence-electron chi connectivity index (χ2n) is 6.92. The number of carbonyl (C=O) groups excluding carboxylic acids is 1. The predicted molar refractivity (Wildman–Crippen MR) is 125 cm³/mol. The molecular weight excluding hydrogens is 432 g/mol. The Kier molecular flexibility index (Phi) is 7.31. The molecule has 0 saturated carbocycles. The lowest BCUT2D eigenvalue weighted by molar-refractivity contribution is 0.0949. The molecule has 1 amide bonds. The van der Waals surface area contributed by atoms with Crippen LogP contribution in [0.3, 0.4) is 0 Å². The minimum atomic E-state index is -0.0766. The summed E-state index contributed by atoms with van der Waals surface area (Å²) in [6.07, 6.45) is 3.80. The van der Waals surface area contributed by atoms with Crippen molar-refractivity contribution in [3.63, 3.8) is 0 Å². The van der Waals surface area contributed by atoms with E-state index in [1.165, 1.54) is 0 Å². The van der Waals surface area contributed by atoms with Gasteiger partial charge in [-0.25, -0.2) is 14.6 Å². The highest BCUT2D eigenvalue weighted by Gasteiger charge is 2.20. The van der Waals surface area contributed by atoms with Crippen molar-refractivity contribution >= 4 is 46.3 Å². The normalized spacial score (nSPS) is 14.2. The molecule has 0 radical (unpaired) electrons. The lowest BCUT2D eigenvalue weighted by Gasteiger charge is -2.28. The van der Waals surface area contributed by atoms with Gasteiger partial charge in [-0.05, 0) is 24.1 Å². The number of hydrogen-bond donors (Lipinski definition) is 1. The van der Waals surface area contributed by atoms with Crippen LogP contribution in [0, 0.1) is 0 Å². The van der Waals surface area contributed by atoms with Crippen molar-refractivity contribution in [2.75, 3.05) is 49.8 Å². The fourth-order valence-electron chi connectivity index (χ4n) is 3.50. The number of ether oxygens (including phenoxy) is 1. The predicted octanol–water partition coefficient (Wildman–Crippen LogP) is 2.93. The van der Waals surface area contributed by atoms with E-state index >= 15 is 0 Å². The Morgan fingerprint density at radius 3 is 2.81 bits per heavy atom. The number of fused-ring (bicyclic) bond motifs is 1. The first-order valence-corrected chi connectivity index (χ1v) is 12.5. The lowest BCUT2D eigenvalue weighted by atomic mass is 10.2. The van der Waals surface area contributed by atoms with Crippen molar-refractivity contribution in [1.29, 1.82) is 0 Å². The summed E-state index contributed by atoms with van der Waals surface area (Å²) in [6.45, 7) is 6.08. The summed E-state index contributed by atoms with van der Waals surface area (Å²) in [4.78, 5) is 25.4. The van der Waals surface area contributed by atoms with Crippen LogP contribution in [-0.2, 0) is 11.3 Å². The van der Waals surface area contributed by atoms with E-state index in [9.17, 15) is 4.79 Å². The molecule has 8 nitrogen and oxygen atoms in total. The molecule has 2 aromatic heterocycles. The third kappa shape index (κ3) is 4.97. The molecule has 1 fully saturated rings. The molecule has 1 aliphatic rings. The van der Waals surface area contributed by atoms with E-state index in [0.717, 1.165) is 45.7 Å². The molecule has 0 aliphatic carbocycles. The van der Waals surface area contributed by atoms with Crippen LogP contribution in [0.25, 0.3) is 11.0 Å². The molecule has 10 heteroatoms. The van der Waals surface area contributed by atoms with Gasteiger partial charge >= 0.3 is 0 Å². The molecule has 0 bridgehead atoms. The van der Waals surface area contributed by atoms with Gasteiger partial charge in [0.05, 0.1) is 36.9 Å². The van der Waals surface area contributed by atoms with Gasteiger partial charge in [-0.1, -0.05) is 30.8 Å². The smallest absolute Gasteiger partial charge is 0.252 e. The molecule has 4 rings (SSSR count). The van der Waals surface area contributed by atoms with Gasteiger partial charge in [-0.2, -0.15) is 5.10 Å². The second-order valence-corrected chi connectivity index (χ2v) is 9.00. The molecule has 1 aromatic carbocycles. The number of rotatable bonds is 8. The zero-order valence-electron chi connectivity index (χ0n) is 17.7. The molecule has 3 aromatic rings. The van der Waals surface area contributed by atoms with Crippen LogP contribution in [0.4, 0.5) is 5.82 Å². The Morgan fingerprint density at radius 2 is 2.03 bits per heavy atom. The Hall–Kier alpha value is -2.30. The van der Waals surface area contributed by atoms with Crippen molar-refractivity contribution in [1.82, 2.24) is 25.1 Å². The minimum Gasteiger partial charge on any atom is -0.378 e. The molecule has 31 heavy (non-hydrogen) atoms. The highest BCUT2D eigenvalue weighted by atomic mass is 32.2. The Morgan fingerprint density at radius 1 is 1.23 bits per heavy atom. The number of amides is 1. The molecule has 3 heterocycles. The number of benzene rings is 1. The topological polar surface area (TPSA) is 85.2 Å². The monoisotopic (exact) mass is 458 g/mol. The summed E-state index contributed by atoms with van der Waals surface area (Å²) < 4.78 is 7.34. The van der Waals surface area contributed by atoms with Gasteiger partial charge in [-0.15, -0.1) is 11.8 Å². The van der Waals surface area contributed by atoms with Crippen LogP contribution in [0.2, 0.25) is 0 Å². The molecular formula is C21H26N6O2S2. The van der Waals surface area contributed by atoms with Gasteiger partial charge in [0.2, 0.25) is 0 Å². The first-order chi connectivity index (χ1) is 15.2. The largest absolute Gasteiger partial charge is 0.378 e. The van der Waals surface area contributed by atoms with Gasteiger partial charge in [0.1, 0.15) is 5.82 Å². The van der Waals surface area contributed by atoms with Gasteiger partial charge in [0.15, 0.2) is 10.8 Å². The fraction of sp³-hybridized carbons (Fsp3) is 0.429. The van der Waals surface area contributed by atoms with E-state index in [1.54, 1.807) is 23.5 Å². The van der Waals surface area contributed by atoms with Gasteiger partial charge in [0.25, 0.3) is 5.91 Å². The molecule has 1 N–H and O–H groups in total. The molecule has 164 valence electrons. The van der Waals surface area contributed by atoms with Crippen LogP contribution in [0.1, 0.15) is 17.3 Å². The number of nitrogens with zero attached hydrogens (tertiary/aromatic N) is 5. The number of hydrogen-bond acceptors (Lipinski definition) is 8. The van der Waals surface area contributed by atoms with Crippen LogP contribution < -0.4 is 10.2 Å². The molecule has 1 saturated heterocycles.